The topological polar surface area (TPSA) is 72.7 Å². The fourth-order valence-corrected chi connectivity index (χ4v) is 3.50. The molecule has 0 unspecified atom stereocenters. The molecule has 2 N–H and O–H groups in total. The van der Waals surface area contributed by atoms with Crippen LogP contribution >= 0.6 is 0 Å². The van der Waals surface area contributed by atoms with Gasteiger partial charge in [-0.05, 0) is 44.5 Å². The summed E-state index contributed by atoms with van der Waals surface area (Å²) in [6.07, 6.45) is 0. The van der Waals surface area contributed by atoms with Crippen LogP contribution in [0.15, 0.2) is 53.5 Å². The van der Waals surface area contributed by atoms with Gasteiger partial charge in [-0.15, -0.1) is 0 Å². The van der Waals surface area contributed by atoms with Crippen molar-refractivity contribution < 1.29 is 9.47 Å². The van der Waals surface area contributed by atoms with Gasteiger partial charge in [-0.1, -0.05) is 30.3 Å². The predicted molar refractivity (Wildman–Crippen MR) is 124 cm³/mol. The third-order valence-electron chi connectivity index (χ3n) is 4.91. The quantitative estimate of drug-likeness (QED) is 0.428. The first-order chi connectivity index (χ1) is 15.1. The maximum absolute atomic E-state index is 5.52. The molecular formula is C24H31N5O2. The number of hydrogen-bond acceptors (Lipinski definition) is 4. The molecule has 2 aromatic carbocycles. The summed E-state index contributed by atoms with van der Waals surface area (Å²) in [5, 5.41) is 11.4. The van der Waals surface area contributed by atoms with E-state index in [0.29, 0.717) is 24.6 Å². The summed E-state index contributed by atoms with van der Waals surface area (Å²) in [6, 6.07) is 16.2. The van der Waals surface area contributed by atoms with Crippen molar-refractivity contribution >= 4 is 5.96 Å². The zero-order chi connectivity index (χ0) is 22.2. The Bertz CT molecular complexity index is 1040. The number of rotatable bonds is 8. The van der Waals surface area contributed by atoms with Gasteiger partial charge < -0.3 is 20.1 Å². The summed E-state index contributed by atoms with van der Waals surface area (Å²) >= 11 is 0. The molecule has 3 rings (SSSR count). The van der Waals surface area contributed by atoms with Crippen LogP contribution in [0.1, 0.15) is 29.4 Å². The van der Waals surface area contributed by atoms with Crippen molar-refractivity contribution in [2.24, 2.45) is 4.99 Å². The Balaban J connectivity index is 1.79. The van der Waals surface area contributed by atoms with Gasteiger partial charge in [0.1, 0.15) is 0 Å². The molecule has 0 bridgehead atoms. The molecule has 1 aromatic heterocycles. The van der Waals surface area contributed by atoms with Crippen molar-refractivity contribution in [3.63, 3.8) is 0 Å². The molecule has 3 aromatic rings. The zero-order valence-electron chi connectivity index (χ0n) is 18.9. The summed E-state index contributed by atoms with van der Waals surface area (Å²) in [4.78, 5) is 4.74. The summed E-state index contributed by atoms with van der Waals surface area (Å²) < 4.78 is 12.9. The van der Waals surface area contributed by atoms with E-state index >= 15 is 0 Å². The smallest absolute Gasteiger partial charge is 0.191 e. The summed E-state index contributed by atoms with van der Waals surface area (Å²) in [7, 11) is 3.28. The molecule has 0 atom stereocenters. The number of guanidine groups is 1. The molecule has 0 saturated carbocycles. The average molecular weight is 422 g/mol. The van der Waals surface area contributed by atoms with Crippen LogP contribution in [0.3, 0.4) is 0 Å². The van der Waals surface area contributed by atoms with Crippen LogP contribution in [0.25, 0.3) is 5.69 Å². The molecule has 164 valence electrons. The van der Waals surface area contributed by atoms with Gasteiger partial charge in [0.25, 0.3) is 0 Å². The number of aryl methyl sites for hydroxylation is 2. The fourth-order valence-electron chi connectivity index (χ4n) is 3.50. The van der Waals surface area contributed by atoms with E-state index in [4.69, 9.17) is 14.5 Å². The minimum Gasteiger partial charge on any atom is -0.493 e. The van der Waals surface area contributed by atoms with E-state index < -0.39 is 0 Å². The molecule has 0 fully saturated rings. The lowest BCUT2D eigenvalue weighted by atomic mass is 10.1. The lowest BCUT2D eigenvalue weighted by Crippen LogP contribution is -2.37. The van der Waals surface area contributed by atoms with Crippen molar-refractivity contribution in [1.82, 2.24) is 20.4 Å². The highest BCUT2D eigenvalue weighted by atomic mass is 16.5. The number of nitrogens with zero attached hydrogens (tertiary/aromatic N) is 3. The SMILES string of the molecule is CCNC(=NCc1cccc(OC)c1OC)NCc1ccccc1-n1nc(C)cc1C. The van der Waals surface area contributed by atoms with Crippen molar-refractivity contribution in [2.45, 2.75) is 33.9 Å². The Morgan fingerprint density at radius 1 is 1.00 bits per heavy atom. The predicted octanol–water partition coefficient (Wildman–Crippen LogP) is 3.76. The minimum atomic E-state index is 0.467. The number of para-hydroxylation sites is 2. The molecule has 1 heterocycles. The molecule has 0 aliphatic carbocycles. The van der Waals surface area contributed by atoms with Crippen LogP contribution in [0, 0.1) is 13.8 Å². The average Bonchev–Trinajstić information content (AvgIpc) is 3.13. The van der Waals surface area contributed by atoms with Crippen LogP contribution in [-0.4, -0.2) is 36.5 Å². The van der Waals surface area contributed by atoms with Crippen molar-refractivity contribution in [1.29, 1.82) is 0 Å². The van der Waals surface area contributed by atoms with Gasteiger partial charge in [0.05, 0.1) is 32.1 Å². The highest BCUT2D eigenvalue weighted by molar-refractivity contribution is 5.79. The van der Waals surface area contributed by atoms with E-state index in [0.717, 1.165) is 40.7 Å². The second-order valence-electron chi connectivity index (χ2n) is 7.17. The number of aliphatic imine (C=N–C) groups is 1. The Morgan fingerprint density at radius 3 is 2.45 bits per heavy atom. The Morgan fingerprint density at radius 2 is 1.77 bits per heavy atom. The van der Waals surface area contributed by atoms with E-state index in [9.17, 15) is 0 Å². The number of methoxy groups -OCH3 is 2. The first-order valence-corrected chi connectivity index (χ1v) is 10.4. The molecule has 0 amide bonds. The van der Waals surface area contributed by atoms with Crippen LogP contribution < -0.4 is 20.1 Å². The van der Waals surface area contributed by atoms with Crippen LogP contribution in [0.2, 0.25) is 0 Å². The molecule has 0 aliphatic heterocycles. The molecule has 7 heteroatoms. The molecule has 0 aliphatic rings. The maximum atomic E-state index is 5.52. The molecular weight excluding hydrogens is 390 g/mol. The second kappa shape index (κ2) is 10.5. The summed E-state index contributed by atoms with van der Waals surface area (Å²) in [5.74, 6) is 2.14. The van der Waals surface area contributed by atoms with E-state index in [1.807, 2.05) is 48.9 Å². The van der Waals surface area contributed by atoms with Gasteiger partial charge in [0.15, 0.2) is 17.5 Å². The van der Waals surface area contributed by atoms with E-state index in [-0.39, 0.29) is 0 Å². The Hall–Kier alpha value is -3.48. The van der Waals surface area contributed by atoms with Crippen LogP contribution in [0.4, 0.5) is 0 Å². The third-order valence-corrected chi connectivity index (χ3v) is 4.91. The van der Waals surface area contributed by atoms with Gasteiger partial charge >= 0.3 is 0 Å². The first-order valence-electron chi connectivity index (χ1n) is 10.4. The monoisotopic (exact) mass is 421 g/mol. The van der Waals surface area contributed by atoms with Gasteiger partial charge in [0, 0.05) is 24.3 Å². The molecule has 0 saturated heterocycles. The van der Waals surface area contributed by atoms with E-state index in [2.05, 4.69) is 40.9 Å². The molecule has 7 nitrogen and oxygen atoms in total. The van der Waals surface area contributed by atoms with E-state index in [1.54, 1.807) is 14.2 Å². The standard InChI is InChI=1S/C24H31N5O2/c1-6-25-24(27-16-20-11-9-13-22(30-4)23(20)31-5)26-15-19-10-7-8-12-21(19)29-18(3)14-17(2)28-29/h7-14H,6,15-16H2,1-5H3,(H2,25,26,27). The normalized spacial score (nSPS) is 11.3. The summed E-state index contributed by atoms with van der Waals surface area (Å²) in [5.41, 5.74) is 5.27. The van der Waals surface area contributed by atoms with Gasteiger partial charge in [-0.3, -0.25) is 0 Å². The largest absolute Gasteiger partial charge is 0.493 e. The zero-order valence-corrected chi connectivity index (χ0v) is 18.9. The maximum Gasteiger partial charge on any atom is 0.191 e. The number of nitrogens with one attached hydrogen (secondary N) is 2. The van der Waals surface area contributed by atoms with Crippen LogP contribution in [-0.2, 0) is 13.1 Å². The number of benzene rings is 2. The molecule has 0 spiro atoms. The van der Waals surface area contributed by atoms with Gasteiger partial charge in [-0.2, -0.15) is 5.10 Å². The molecule has 31 heavy (non-hydrogen) atoms. The van der Waals surface area contributed by atoms with Crippen molar-refractivity contribution in [2.75, 3.05) is 20.8 Å². The van der Waals surface area contributed by atoms with Gasteiger partial charge in [-0.25, -0.2) is 9.67 Å². The van der Waals surface area contributed by atoms with Gasteiger partial charge in [0.2, 0.25) is 0 Å². The number of aromatic nitrogens is 2. The highest BCUT2D eigenvalue weighted by Gasteiger charge is 2.11. The third kappa shape index (κ3) is 5.36. The van der Waals surface area contributed by atoms with Crippen molar-refractivity contribution in [3.8, 4) is 17.2 Å². The Kier molecular flexibility index (Phi) is 7.54. The fraction of sp³-hybridized carbons (Fsp3) is 0.333. The Labute approximate surface area is 184 Å². The lowest BCUT2D eigenvalue weighted by Gasteiger charge is -2.15. The number of ether oxygens (including phenoxy) is 2. The van der Waals surface area contributed by atoms with Crippen LogP contribution in [0.5, 0.6) is 11.5 Å². The first kappa shape index (κ1) is 22.2. The lowest BCUT2D eigenvalue weighted by molar-refractivity contribution is 0.352. The second-order valence-corrected chi connectivity index (χ2v) is 7.17. The molecule has 0 radical (unpaired) electrons. The summed E-state index contributed by atoms with van der Waals surface area (Å²) in [6.45, 7) is 7.97. The van der Waals surface area contributed by atoms with E-state index in [1.165, 1.54) is 0 Å². The van der Waals surface area contributed by atoms with Crippen molar-refractivity contribution in [3.05, 3.63) is 71.0 Å². The minimum absolute atomic E-state index is 0.467. The highest BCUT2D eigenvalue weighted by Crippen LogP contribution is 2.31. The number of hydrogen-bond donors (Lipinski definition) is 2.